The summed E-state index contributed by atoms with van der Waals surface area (Å²) < 4.78 is 15.4. The van der Waals surface area contributed by atoms with Crippen molar-refractivity contribution in [3.05, 3.63) is 89.5 Å². The minimum absolute atomic E-state index is 0.221. The molecule has 0 aliphatic rings. The molecule has 31 heavy (non-hydrogen) atoms. The van der Waals surface area contributed by atoms with E-state index in [1.54, 1.807) is 0 Å². The van der Waals surface area contributed by atoms with Crippen LogP contribution in [0.3, 0.4) is 0 Å². The van der Waals surface area contributed by atoms with E-state index >= 15 is 0 Å². The zero-order chi connectivity index (χ0) is 22.4. The fraction of sp³-hybridized carbons (Fsp3) is 0. The third-order valence-corrected chi connectivity index (χ3v) is 7.46. The molecule has 156 valence electrons. The van der Waals surface area contributed by atoms with Crippen LogP contribution < -0.4 is 0 Å². The second-order valence-corrected chi connectivity index (χ2v) is 9.72. The van der Waals surface area contributed by atoms with Crippen LogP contribution in [-0.4, -0.2) is 56.0 Å². The van der Waals surface area contributed by atoms with Gasteiger partial charge < -0.3 is 0 Å². The summed E-state index contributed by atoms with van der Waals surface area (Å²) in [4.78, 5) is 37.3. The number of carbonyl (C=O) groups is 3. The molecular weight excluding hydrogens is 511 g/mol. The van der Waals surface area contributed by atoms with E-state index in [1.165, 1.54) is 72.8 Å². The van der Waals surface area contributed by atoms with Gasteiger partial charge in [0.15, 0.2) is 0 Å². The van der Waals surface area contributed by atoms with Gasteiger partial charge >= 0.3 is 186 Å². The zero-order valence-corrected chi connectivity index (χ0v) is 19.1. The van der Waals surface area contributed by atoms with Crippen LogP contribution in [0, 0.1) is 0 Å². The van der Waals surface area contributed by atoms with Gasteiger partial charge in [-0.3, -0.25) is 0 Å². The van der Waals surface area contributed by atoms with Crippen molar-refractivity contribution in [2.75, 3.05) is 0 Å². The summed E-state index contributed by atoms with van der Waals surface area (Å²) in [7, 11) is 0. The van der Waals surface area contributed by atoms with E-state index < -0.39 is 40.7 Å². The fourth-order valence-corrected chi connectivity index (χ4v) is 5.46. The molecule has 0 aliphatic carbocycles. The molecule has 10 heteroatoms. The summed E-state index contributed by atoms with van der Waals surface area (Å²) >= 11 is -4.72. The van der Waals surface area contributed by atoms with Gasteiger partial charge in [-0.25, -0.2) is 0 Å². The monoisotopic (exact) mass is 526 g/mol. The number of carbonyl (C=O) groups excluding carboxylic acids is 3. The Labute approximate surface area is 185 Å². The molecule has 0 spiro atoms. The Morgan fingerprint density at radius 1 is 0.516 bits per heavy atom. The molecule has 3 rings (SSSR count). The number of phenols is 3. The Balaban J connectivity index is 1.84. The Morgan fingerprint density at radius 2 is 0.774 bits per heavy atom. The van der Waals surface area contributed by atoms with Gasteiger partial charge in [0.05, 0.1) is 0 Å². The maximum absolute atomic E-state index is 12.4. The molecule has 0 heterocycles. The second kappa shape index (κ2) is 9.90. The fourth-order valence-electron chi connectivity index (χ4n) is 2.46. The Morgan fingerprint density at radius 3 is 1.03 bits per heavy atom. The third-order valence-electron chi connectivity index (χ3n) is 3.98. The van der Waals surface area contributed by atoms with Crippen molar-refractivity contribution in [2.45, 2.75) is 0 Å². The average Bonchev–Trinajstić information content (AvgIpc) is 2.74. The molecule has 0 amide bonds. The molecule has 0 unspecified atom stereocenters. The van der Waals surface area contributed by atoms with E-state index in [4.69, 9.17) is 8.56 Å². The van der Waals surface area contributed by atoms with Crippen LogP contribution in [0.5, 0.6) is 17.2 Å². The molecule has 3 aromatic rings. The molecule has 3 N–H and O–H groups in total. The van der Waals surface area contributed by atoms with Crippen molar-refractivity contribution in [2.24, 2.45) is 0 Å². The normalized spacial score (nSPS) is 10.1. The minimum atomic E-state index is -4.72. The van der Waals surface area contributed by atoms with Crippen LogP contribution in [0.2, 0.25) is 0 Å². The predicted octanol–water partition coefficient (Wildman–Crippen LogP) is 2.66. The predicted molar refractivity (Wildman–Crippen MR) is 106 cm³/mol. The van der Waals surface area contributed by atoms with Crippen molar-refractivity contribution in [1.29, 1.82) is 0 Å². The number of aromatic hydroxyl groups is 3. The van der Waals surface area contributed by atoms with Crippen molar-refractivity contribution in [1.82, 2.24) is 0 Å². The maximum atomic E-state index is 12.4. The van der Waals surface area contributed by atoms with Crippen molar-refractivity contribution >= 4 is 40.7 Å². The summed E-state index contributed by atoms with van der Waals surface area (Å²) in [5, 5.41) is 29.5. The first-order valence-electron chi connectivity index (χ1n) is 8.83. The SMILES string of the molecule is O=C([O][In]([O]C(=O)c1ccccc1O)[O]C(=O)c1ccccc1O)c1ccccc1O. The number of benzene rings is 3. The number of para-hydroxylation sites is 3. The molecule has 0 radical (unpaired) electrons. The van der Waals surface area contributed by atoms with Gasteiger partial charge in [0.1, 0.15) is 0 Å². The van der Waals surface area contributed by atoms with Crippen molar-refractivity contribution in [3.8, 4) is 17.2 Å². The number of hydrogen-bond donors (Lipinski definition) is 3. The van der Waals surface area contributed by atoms with E-state index in [2.05, 4.69) is 0 Å². The quantitative estimate of drug-likeness (QED) is 0.443. The molecular formula is C21H15InO9. The number of rotatable bonds is 6. The van der Waals surface area contributed by atoms with Gasteiger partial charge in [0.25, 0.3) is 0 Å². The average molecular weight is 526 g/mol. The molecule has 0 bridgehead atoms. The first-order valence-corrected chi connectivity index (χ1v) is 12.9. The Bertz CT molecular complexity index is 988. The van der Waals surface area contributed by atoms with Gasteiger partial charge in [-0.1, -0.05) is 0 Å². The molecule has 0 aromatic heterocycles. The molecule has 9 nitrogen and oxygen atoms in total. The van der Waals surface area contributed by atoms with Gasteiger partial charge in [0.2, 0.25) is 0 Å². The first-order chi connectivity index (χ1) is 14.9. The second-order valence-electron chi connectivity index (χ2n) is 6.06. The molecule has 0 saturated carbocycles. The summed E-state index contributed by atoms with van der Waals surface area (Å²) in [5.74, 6) is -4.32. The Hall–Kier alpha value is -3.66. The molecule has 0 fully saturated rings. The van der Waals surface area contributed by atoms with Gasteiger partial charge in [-0.2, -0.15) is 0 Å². The van der Waals surface area contributed by atoms with Crippen LogP contribution >= 0.6 is 0 Å². The van der Waals surface area contributed by atoms with E-state index in [-0.39, 0.29) is 33.9 Å². The molecule has 0 saturated heterocycles. The number of phenolic OH excluding ortho intramolecular Hbond substituents is 3. The van der Waals surface area contributed by atoms with Crippen LogP contribution in [-0.2, 0) is 8.56 Å². The molecule has 0 aliphatic heterocycles. The van der Waals surface area contributed by atoms with E-state index in [0.717, 1.165) is 0 Å². The van der Waals surface area contributed by atoms with E-state index in [0.29, 0.717) is 0 Å². The van der Waals surface area contributed by atoms with Crippen molar-refractivity contribution < 1.29 is 38.3 Å². The van der Waals surface area contributed by atoms with Crippen LogP contribution in [0.4, 0.5) is 0 Å². The summed E-state index contributed by atoms with van der Waals surface area (Å²) in [6.07, 6.45) is 0. The number of hydrogen-bond acceptors (Lipinski definition) is 9. The molecule has 3 aromatic carbocycles. The van der Waals surface area contributed by atoms with Gasteiger partial charge in [-0.05, 0) is 0 Å². The van der Waals surface area contributed by atoms with Crippen LogP contribution in [0.25, 0.3) is 0 Å². The first kappa shape index (κ1) is 22.0. The molecule has 0 atom stereocenters. The van der Waals surface area contributed by atoms with Crippen molar-refractivity contribution in [3.63, 3.8) is 0 Å². The van der Waals surface area contributed by atoms with Gasteiger partial charge in [-0.15, -0.1) is 0 Å². The van der Waals surface area contributed by atoms with Crippen LogP contribution in [0.1, 0.15) is 31.1 Å². The van der Waals surface area contributed by atoms with E-state index in [9.17, 15) is 29.7 Å². The Kier molecular flexibility index (Phi) is 7.03. The van der Waals surface area contributed by atoms with Gasteiger partial charge in [0, 0.05) is 0 Å². The summed E-state index contributed by atoms with van der Waals surface area (Å²) in [5.41, 5.74) is -0.663. The summed E-state index contributed by atoms with van der Waals surface area (Å²) in [6.45, 7) is 0. The van der Waals surface area contributed by atoms with E-state index in [1.807, 2.05) is 0 Å². The third kappa shape index (κ3) is 5.48. The summed E-state index contributed by atoms with van der Waals surface area (Å²) in [6, 6.07) is 16.5. The topological polar surface area (TPSA) is 140 Å². The van der Waals surface area contributed by atoms with Crippen LogP contribution in [0.15, 0.2) is 72.8 Å². The standard InChI is InChI=1S/3C7H6O3.In/c3*8-6-4-2-1-3-5(6)7(9)10;/h3*1-4,8H,(H,9,10);/q;;;+3/p-3. The zero-order valence-electron chi connectivity index (χ0n) is 15.8.